The molecule has 12 heavy (non-hydrogen) atoms. The van der Waals surface area contributed by atoms with E-state index in [0.29, 0.717) is 0 Å². The molecule has 0 saturated carbocycles. The molecule has 0 aromatic heterocycles. The van der Waals surface area contributed by atoms with Crippen molar-refractivity contribution in [2.45, 2.75) is 32.6 Å². The summed E-state index contributed by atoms with van der Waals surface area (Å²) in [5.41, 5.74) is 2.90. The van der Waals surface area contributed by atoms with E-state index >= 15 is 0 Å². The summed E-state index contributed by atoms with van der Waals surface area (Å²) in [6.45, 7) is 5.66. The van der Waals surface area contributed by atoms with Crippen LogP contribution in [-0.2, 0) is 4.79 Å². The average Bonchev–Trinajstić information content (AvgIpc) is 2.04. The van der Waals surface area contributed by atoms with Crippen molar-refractivity contribution in [2.24, 2.45) is 0 Å². The first-order valence-corrected chi connectivity index (χ1v) is 4.34. The Balaban J connectivity index is 2.72. The van der Waals surface area contributed by atoms with Crippen LogP contribution in [0.1, 0.15) is 32.6 Å². The normalized spacial score (nSPS) is 17.4. The van der Waals surface area contributed by atoms with Crippen molar-refractivity contribution < 1.29 is 4.79 Å². The van der Waals surface area contributed by atoms with Crippen LogP contribution in [0.5, 0.6) is 0 Å². The number of allylic oxidation sites excluding steroid dienone is 3. The molecule has 1 rings (SSSR count). The second kappa shape index (κ2) is 4.10. The van der Waals surface area contributed by atoms with Gasteiger partial charge in [0.1, 0.15) is 6.29 Å². The predicted molar refractivity (Wildman–Crippen MR) is 49.5 cm³/mol. The van der Waals surface area contributed by atoms with Gasteiger partial charge in [0.15, 0.2) is 0 Å². The molecule has 0 bridgehead atoms. The minimum atomic E-state index is 0.909. The second-order valence-electron chi connectivity index (χ2n) is 3.23. The average molecular weight is 165 g/mol. The highest BCUT2D eigenvalue weighted by molar-refractivity contribution is 5.74. The first kappa shape index (κ1) is 9.04. The van der Waals surface area contributed by atoms with Gasteiger partial charge in [0, 0.05) is 17.0 Å². The van der Waals surface area contributed by atoms with Crippen LogP contribution in [0.3, 0.4) is 0 Å². The SMILES string of the molecule is C=C(C)NC1=C(C=O)CCCC1. The lowest BCUT2D eigenvalue weighted by molar-refractivity contribution is -0.105. The Morgan fingerprint density at radius 2 is 2.17 bits per heavy atom. The number of carbonyl (C=O) groups is 1. The standard InChI is InChI=1S/C10H15NO/c1-8(2)11-10-6-4-3-5-9(10)7-12/h7,11H,1,3-6H2,2H3. The third-order valence-electron chi connectivity index (χ3n) is 2.02. The molecule has 0 fully saturated rings. The van der Waals surface area contributed by atoms with Gasteiger partial charge in [-0.3, -0.25) is 4.79 Å². The molecule has 1 aliphatic carbocycles. The van der Waals surface area contributed by atoms with Crippen LogP contribution >= 0.6 is 0 Å². The van der Waals surface area contributed by atoms with Gasteiger partial charge in [0.2, 0.25) is 0 Å². The Hall–Kier alpha value is -1.05. The topological polar surface area (TPSA) is 29.1 Å². The van der Waals surface area contributed by atoms with Gasteiger partial charge in [-0.05, 0) is 32.6 Å². The Morgan fingerprint density at radius 3 is 2.75 bits per heavy atom. The lowest BCUT2D eigenvalue weighted by Crippen LogP contribution is -2.15. The molecule has 1 aliphatic rings. The van der Waals surface area contributed by atoms with Gasteiger partial charge in [-0.1, -0.05) is 6.58 Å². The molecule has 0 spiro atoms. The van der Waals surface area contributed by atoms with Gasteiger partial charge in [0.25, 0.3) is 0 Å². The molecule has 1 N–H and O–H groups in total. The molecular weight excluding hydrogens is 150 g/mol. The molecule has 2 nitrogen and oxygen atoms in total. The van der Waals surface area contributed by atoms with Crippen molar-refractivity contribution in [3.63, 3.8) is 0 Å². The van der Waals surface area contributed by atoms with Gasteiger partial charge in [-0.25, -0.2) is 0 Å². The summed E-state index contributed by atoms with van der Waals surface area (Å²) in [6, 6.07) is 0. The summed E-state index contributed by atoms with van der Waals surface area (Å²) < 4.78 is 0. The molecule has 0 saturated heterocycles. The van der Waals surface area contributed by atoms with Gasteiger partial charge >= 0.3 is 0 Å². The van der Waals surface area contributed by atoms with Gasteiger partial charge in [-0.2, -0.15) is 0 Å². The van der Waals surface area contributed by atoms with E-state index in [1.165, 1.54) is 6.42 Å². The number of nitrogens with one attached hydrogen (secondary N) is 1. The summed E-state index contributed by atoms with van der Waals surface area (Å²) in [5, 5.41) is 3.14. The fourth-order valence-electron chi connectivity index (χ4n) is 1.46. The Kier molecular flexibility index (Phi) is 3.09. The van der Waals surface area contributed by atoms with Crippen LogP contribution in [0.15, 0.2) is 23.5 Å². The molecule has 0 unspecified atom stereocenters. The maximum atomic E-state index is 10.6. The van der Waals surface area contributed by atoms with E-state index in [1.807, 2.05) is 6.92 Å². The van der Waals surface area contributed by atoms with Crippen molar-refractivity contribution in [1.82, 2.24) is 5.32 Å². The smallest absolute Gasteiger partial charge is 0.147 e. The van der Waals surface area contributed by atoms with Crippen LogP contribution in [0, 0.1) is 0 Å². The monoisotopic (exact) mass is 165 g/mol. The second-order valence-corrected chi connectivity index (χ2v) is 3.23. The minimum Gasteiger partial charge on any atom is -0.363 e. The highest BCUT2D eigenvalue weighted by Gasteiger charge is 2.11. The van der Waals surface area contributed by atoms with E-state index in [9.17, 15) is 4.79 Å². The van der Waals surface area contributed by atoms with Crippen molar-refractivity contribution in [2.75, 3.05) is 0 Å². The third-order valence-corrected chi connectivity index (χ3v) is 2.02. The molecule has 0 amide bonds. The van der Waals surface area contributed by atoms with Gasteiger partial charge < -0.3 is 5.32 Å². The molecule has 66 valence electrons. The molecular formula is C10H15NO. The minimum absolute atomic E-state index is 0.909. The van der Waals surface area contributed by atoms with E-state index in [1.54, 1.807) is 0 Å². The summed E-state index contributed by atoms with van der Waals surface area (Å²) in [7, 11) is 0. The molecule has 2 heteroatoms. The quantitative estimate of drug-likeness (QED) is 0.649. The van der Waals surface area contributed by atoms with E-state index < -0.39 is 0 Å². The molecule has 0 heterocycles. The largest absolute Gasteiger partial charge is 0.363 e. The van der Waals surface area contributed by atoms with Gasteiger partial charge in [0.05, 0.1) is 0 Å². The zero-order valence-electron chi connectivity index (χ0n) is 7.52. The highest BCUT2D eigenvalue weighted by atomic mass is 16.1. The van der Waals surface area contributed by atoms with Crippen molar-refractivity contribution in [3.8, 4) is 0 Å². The van der Waals surface area contributed by atoms with Crippen molar-refractivity contribution >= 4 is 6.29 Å². The molecule has 0 atom stereocenters. The maximum absolute atomic E-state index is 10.6. The van der Waals surface area contributed by atoms with Crippen LogP contribution in [0.2, 0.25) is 0 Å². The first-order chi connectivity index (χ1) is 5.74. The van der Waals surface area contributed by atoms with E-state index in [-0.39, 0.29) is 0 Å². The number of aldehydes is 1. The fraction of sp³-hybridized carbons (Fsp3) is 0.500. The number of hydrogen-bond donors (Lipinski definition) is 1. The number of carbonyl (C=O) groups excluding carboxylic acids is 1. The van der Waals surface area contributed by atoms with E-state index in [0.717, 1.165) is 42.5 Å². The van der Waals surface area contributed by atoms with Crippen LogP contribution in [0.4, 0.5) is 0 Å². The van der Waals surface area contributed by atoms with E-state index in [4.69, 9.17) is 0 Å². The van der Waals surface area contributed by atoms with Gasteiger partial charge in [-0.15, -0.1) is 0 Å². The molecule has 0 aromatic rings. The third kappa shape index (κ3) is 2.22. The zero-order valence-corrected chi connectivity index (χ0v) is 7.52. The van der Waals surface area contributed by atoms with Crippen molar-refractivity contribution in [1.29, 1.82) is 0 Å². The molecule has 0 radical (unpaired) electrons. The maximum Gasteiger partial charge on any atom is 0.147 e. The Labute approximate surface area is 73.4 Å². The molecule has 0 aliphatic heterocycles. The summed E-state index contributed by atoms with van der Waals surface area (Å²) in [5.74, 6) is 0. The number of hydrogen-bond acceptors (Lipinski definition) is 2. The Morgan fingerprint density at radius 1 is 1.50 bits per heavy atom. The van der Waals surface area contributed by atoms with Crippen molar-refractivity contribution in [3.05, 3.63) is 23.5 Å². The van der Waals surface area contributed by atoms with Crippen LogP contribution in [0.25, 0.3) is 0 Å². The Bertz CT molecular complexity index is 228. The summed E-state index contributed by atoms with van der Waals surface area (Å²) >= 11 is 0. The molecule has 0 aromatic carbocycles. The lowest BCUT2D eigenvalue weighted by Gasteiger charge is -2.18. The zero-order chi connectivity index (χ0) is 8.97. The van der Waals surface area contributed by atoms with Crippen LogP contribution < -0.4 is 5.32 Å². The fourth-order valence-corrected chi connectivity index (χ4v) is 1.46. The predicted octanol–water partition coefficient (Wildman–Crippen LogP) is 2.14. The number of rotatable bonds is 3. The van der Waals surface area contributed by atoms with E-state index in [2.05, 4.69) is 11.9 Å². The lowest BCUT2D eigenvalue weighted by atomic mass is 9.97. The first-order valence-electron chi connectivity index (χ1n) is 4.34. The highest BCUT2D eigenvalue weighted by Crippen LogP contribution is 2.21. The summed E-state index contributed by atoms with van der Waals surface area (Å²) in [6.07, 6.45) is 5.17. The summed E-state index contributed by atoms with van der Waals surface area (Å²) in [4.78, 5) is 10.6. The van der Waals surface area contributed by atoms with Crippen LogP contribution in [-0.4, -0.2) is 6.29 Å².